The summed E-state index contributed by atoms with van der Waals surface area (Å²) in [6, 6.07) is 2.00. The molecule has 1 aromatic carbocycles. The van der Waals surface area contributed by atoms with Crippen molar-refractivity contribution in [3.8, 4) is 0 Å². The van der Waals surface area contributed by atoms with Gasteiger partial charge in [0.1, 0.15) is 11.6 Å². The fourth-order valence-corrected chi connectivity index (χ4v) is 2.69. The van der Waals surface area contributed by atoms with Gasteiger partial charge >= 0.3 is 0 Å². The summed E-state index contributed by atoms with van der Waals surface area (Å²) < 4.78 is 27.1. The summed E-state index contributed by atoms with van der Waals surface area (Å²) in [5.41, 5.74) is -0.00573. The fourth-order valence-electron chi connectivity index (χ4n) is 2.20. The monoisotopic (exact) mass is 331 g/mol. The summed E-state index contributed by atoms with van der Waals surface area (Å²) in [5, 5.41) is 0. The molecule has 0 unspecified atom stereocenters. The van der Waals surface area contributed by atoms with Gasteiger partial charge in [-0.1, -0.05) is 13.8 Å². The highest BCUT2D eigenvalue weighted by Gasteiger charge is 2.30. The molecule has 104 valence electrons. The maximum Gasteiger partial charge on any atom is 0.258 e. The zero-order valence-corrected chi connectivity index (χ0v) is 12.6. The standard InChI is InChI=1S/C14H16BrF2NO/c1-14(2)5-7-18(8-6-14)13(19)11-9(16)3-4-10(17)12(11)15/h3-4H,5-8H2,1-2H3. The number of amides is 1. The van der Waals surface area contributed by atoms with Gasteiger partial charge in [0, 0.05) is 13.1 Å². The zero-order valence-electron chi connectivity index (χ0n) is 11.0. The van der Waals surface area contributed by atoms with Crippen LogP contribution in [0.1, 0.15) is 37.0 Å². The molecule has 2 rings (SSSR count). The van der Waals surface area contributed by atoms with Crippen molar-refractivity contribution < 1.29 is 13.6 Å². The number of carbonyl (C=O) groups is 1. The summed E-state index contributed by atoms with van der Waals surface area (Å²) in [6.07, 6.45) is 1.74. The Bertz CT molecular complexity index is 506. The minimum absolute atomic E-state index is 0.0951. The van der Waals surface area contributed by atoms with E-state index in [9.17, 15) is 13.6 Å². The third-order valence-corrected chi connectivity index (χ3v) is 4.44. The number of likely N-dealkylation sites (tertiary alicyclic amines) is 1. The van der Waals surface area contributed by atoms with E-state index in [2.05, 4.69) is 29.8 Å². The Morgan fingerprint density at radius 1 is 1.21 bits per heavy atom. The predicted molar refractivity (Wildman–Crippen MR) is 73.0 cm³/mol. The Morgan fingerprint density at radius 3 is 2.32 bits per heavy atom. The van der Waals surface area contributed by atoms with E-state index in [1.165, 1.54) is 0 Å². The number of hydrogen-bond donors (Lipinski definition) is 0. The van der Waals surface area contributed by atoms with Gasteiger partial charge in [0.05, 0.1) is 10.0 Å². The number of hydrogen-bond acceptors (Lipinski definition) is 1. The molecule has 2 nitrogen and oxygen atoms in total. The van der Waals surface area contributed by atoms with Crippen molar-refractivity contribution in [2.24, 2.45) is 5.41 Å². The van der Waals surface area contributed by atoms with Crippen LogP contribution in [-0.2, 0) is 0 Å². The second-order valence-corrected chi connectivity index (χ2v) is 6.47. The maximum absolute atomic E-state index is 13.7. The van der Waals surface area contributed by atoms with E-state index >= 15 is 0 Å². The highest BCUT2D eigenvalue weighted by molar-refractivity contribution is 9.10. The predicted octanol–water partition coefficient (Wildman–Crippen LogP) is 3.99. The second kappa shape index (κ2) is 5.19. The lowest BCUT2D eigenvalue weighted by atomic mass is 9.82. The van der Waals surface area contributed by atoms with E-state index in [1.807, 2.05) is 0 Å². The number of nitrogens with zero attached hydrogens (tertiary/aromatic N) is 1. The summed E-state index contributed by atoms with van der Waals surface area (Å²) >= 11 is 2.96. The third-order valence-electron chi connectivity index (χ3n) is 3.66. The SMILES string of the molecule is CC1(C)CCN(C(=O)c2c(F)ccc(F)c2Br)CC1. The Labute approximate surface area is 119 Å². The van der Waals surface area contributed by atoms with Crippen molar-refractivity contribution in [1.29, 1.82) is 0 Å². The van der Waals surface area contributed by atoms with Crippen LogP contribution in [0.5, 0.6) is 0 Å². The van der Waals surface area contributed by atoms with Crippen molar-refractivity contribution in [3.63, 3.8) is 0 Å². The lowest BCUT2D eigenvalue weighted by Gasteiger charge is -2.37. The van der Waals surface area contributed by atoms with Crippen LogP contribution in [0.4, 0.5) is 8.78 Å². The average molecular weight is 332 g/mol. The van der Waals surface area contributed by atoms with Crippen LogP contribution in [0, 0.1) is 17.0 Å². The van der Waals surface area contributed by atoms with E-state index < -0.39 is 17.5 Å². The van der Waals surface area contributed by atoms with Crippen LogP contribution in [0.15, 0.2) is 16.6 Å². The Kier molecular flexibility index (Phi) is 3.95. The highest BCUT2D eigenvalue weighted by atomic mass is 79.9. The van der Waals surface area contributed by atoms with Crippen LogP contribution < -0.4 is 0 Å². The van der Waals surface area contributed by atoms with Gasteiger partial charge in [-0.2, -0.15) is 0 Å². The van der Waals surface area contributed by atoms with Crippen LogP contribution >= 0.6 is 15.9 Å². The smallest absolute Gasteiger partial charge is 0.258 e. The molecular weight excluding hydrogens is 316 g/mol. The molecule has 1 amide bonds. The fraction of sp³-hybridized carbons (Fsp3) is 0.500. The Hall–Kier alpha value is -0.970. The molecule has 0 radical (unpaired) electrons. The van der Waals surface area contributed by atoms with Gasteiger partial charge in [0.15, 0.2) is 0 Å². The highest BCUT2D eigenvalue weighted by Crippen LogP contribution is 2.32. The van der Waals surface area contributed by atoms with Gasteiger partial charge in [-0.3, -0.25) is 4.79 Å². The molecule has 1 aliphatic heterocycles. The molecule has 1 saturated heterocycles. The van der Waals surface area contributed by atoms with Crippen LogP contribution in [0.2, 0.25) is 0 Å². The topological polar surface area (TPSA) is 20.3 Å². The number of halogens is 3. The first kappa shape index (κ1) is 14.4. The van der Waals surface area contributed by atoms with Gasteiger partial charge in [-0.15, -0.1) is 0 Å². The third kappa shape index (κ3) is 2.96. The van der Waals surface area contributed by atoms with Crippen molar-refractivity contribution in [2.45, 2.75) is 26.7 Å². The Morgan fingerprint density at radius 2 is 1.74 bits per heavy atom. The summed E-state index contributed by atoms with van der Waals surface area (Å²) in [5.74, 6) is -1.76. The molecule has 0 aromatic heterocycles. The molecule has 1 fully saturated rings. The van der Waals surface area contributed by atoms with Crippen molar-refractivity contribution in [1.82, 2.24) is 4.90 Å². The molecule has 0 bridgehead atoms. The van der Waals surface area contributed by atoms with E-state index in [-0.39, 0.29) is 15.5 Å². The van der Waals surface area contributed by atoms with E-state index in [0.29, 0.717) is 13.1 Å². The van der Waals surface area contributed by atoms with E-state index in [0.717, 1.165) is 25.0 Å². The lowest BCUT2D eigenvalue weighted by molar-refractivity contribution is 0.0624. The van der Waals surface area contributed by atoms with Crippen LogP contribution in [0.3, 0.4) is 0 Å². The molecule has 0 N–H and O–H groups in total. The van der Waals surface area contributed by atoms with E-state index in [1.54, 1.807) is 4.90 Å². The molecule has 0 atom stereocenters. The lowest BCUT2D eigenvalue weighted by Crippen LogP contribution is -2.41. The zero-order chi connectivity index (χ0) is 14.2. The van der Waals surface area contributed by atoms with Gasteiger partial charge in [-0.25, -0.2) is 8.78 Å². The average Bonchev–Trinajstić information content (AvgIpc) is 2.34. The van der Waals surface area contributed by atoms with Crippen LogP contribution in [-0.4, -0.2) is 23.9 Å². The largest absolute Gasteiger partial charge is 0.338 e. The number of rotatable bonds is 1. The minimum atomic E-state index is -0.692. The van der Waals surface area contributed by atoms with Gasteiger partial charge < -0.3 is 4.90 Å². The molecule has 5 heteroatoms. The number of piperidine rings is 1. The first-order valence-corrected chi connectivity index (χ1v) is 7.04. The molecule has 1 heterocycles. The minimum Gasteiger partial charge on any atom is -0.338 e. The first-order valence-electron chi connectivity index (χ1n) is 6.24. The second-order valence-electron chi connectivity index (χ2n) is 5.67. The summed E-state index contributed by atoms with van der Waals surface area (Å²) in [6.45, 7) is 5.45. The number of carbonyl (C=O) groups excluding carboxylic acids is 1. The van der Waals surface area contributed by atoms with Gasteiger partial charge in [-0.05, 0) is 46.3 Å². The van der Waals surface area contributed by atoms with Crippen molar-refractivity contribution in [2.75, 3.05) is 13.1 Å². The van der Waals surface area contributed by atoms with Gasteiger partial charge in [0.2, 0.25) is 0 Å². The molecule has 1 aromatic rings. The molecule has 19 heavy (non-hydrogen) atoms. The van der Waals surface area contributed by atoms with Crippen molar-refractivity contribution >= 4 is 21.8 Å². The van der Waals surface area contributed by atoms with Gasteiger partial charge in [0.25, 0.3) is 5.91 Å². The van der Waals surface area contributed by atoms with E-state index in [4.69, 9.17) is 0 Å². The van der Waals surface area contributed by atoms with Crippen molar-refractivity contribution in [3.05, 3.63) is 33.8 Å². The number of benzene rings is 1. The normalized spacial score (nSPS) is 18.5. The maximum atomic E-state index is 13.7. The van der Waals surface area contributed by atoms with Crippen LogP contribution in [0.25, 0.3) is 0 Å². The molecule has 1 aliphatic rings. The molecule has 0 saturated carbocycles. The summed E-state index contributed by atoms with van der Waals surface area (Å²) in [4.78, 5) is 13.9. The quantitative estimate of drug-likeness (QED) is 0.712. The molecular formula is C14H16BrF2NO. The first-order chi connectivity index (χ1) is 8.82. The molecule has 0 aliphatic carbocycles. The molecule has 0 spiro atoms. The summed E-state index contributed by atoms with van der Waals surface area (Å²) in [7, 11) is 0. The Balaban J connectivity index is 2.24.